The first-order valence-electron chi connectivity index (χ1n) is 20.5. The fourth-order valence-corrected chi connectivity index (χ4v) is 11.3. The maximum Gasteiger partial charge on any atom is 0.315 e. The van der Waals surface area contributed by atoms with E-state index in [9.17, 15) is 19.7 Å². The van der Waals surface area contributed by atoms with Crippen LogP contribution in [0.5, 0.6) is 11.5 Å². The zero-order chi connectivity index (χ0) is 39.5. The van der Waals surface area contributed by atoms with Crippen LogP contribution in [0, 0.1) is 22.0 Å². The van der Waals surface area contributed by atoms with E-state index in [0.717, 1.165) is 81.5 Å². The number of hydrogen-bond donors (Lipinski definition) is 2. The molecule has 0 unspecified atom stereocenters. The van der Waals surface area contributed by atoms with Crippen molar-refractivity contribution in [2.75, 3.05) is 19.0 Å². The predicted molar refractivity (Wildman–Crippen MR) is 217 cm³/mol. The van der Waals surface area contributed by atoms with Gasteiger partial charge in [0.2, 0.25) is 8.32 Å². The highest BCUT2D eigenvalue weighted by atomic mass is 32.2. The maximum absolute atomic E-state index is 12.9. The summed E-state index contributed by atoms with van der Waals surface area (Å²) >= 11 is 1.91. The lowest BCUT2D eigenvalue weighted by molar-refractivity contribution is -0.757. The Labute approximate surface area is 328 Å². The van der Waals surface area contributed by atoms with Gasteiger partial charge in [-0.2, -0.15) is 11.8 Å². The smallest absolute Gasteiger partial charge is 0.315 e. The number of fused-ring (bicyclic) bond motifs is 4. The first-order valence-corrected chi connectivity index (χ1v) is 24.4. The van der Waals surface area contributed by atoms with Gasteiger partial charge in [0, 0.05) is 28.9 Å². The van der Waals surface area contributed by atoms with Gasteiger partial charge in [-0.15, -0.1) is 10.1 Å². The van der Waals surface area contributed by atoms with E-state index in [2.05, 4.69) is 89.2 Å². The Hall–Kier alpha value is -2.67. The molecule has 0 bridgehead atoms. The Morgan fingerprint density at radius 3 is 2.52 bits per heavy atom. The summed E-state index contributed by atoms with van der Waals surface area (Å²) in [6.45, 7) is 21.1. The summed E-state index contributed by atoms with van der Waals surface area (Å²) in [5, 5.41) is 16.2. The summed E-state index contributed by atoms with van der Waals surface area (Å²) in [7, 11) is -2.22. The van der Waals surface area contributed by atoms with Crippen LogP contribution in [0.4, 0.5) is 4.79 Å². The maximum atomic E-state index is 12.9. The zero-order valence-corrected chi connectivity index (χ0v) is 36.2. The molecule has 2 N–H and O–H groups in total. The number of benzene rings is 1. The average Bonchev–Trinajstić information content (AvgIpc) is 3.62. The molecule has 304 valence electrons. The first-order chi connectivity index (χ1) is 25.3. The predicted octanol–water partition coefficient (Wildman–Crippen LogP) is 9.45. The van der Waals surface area contributed by atoms with Crippen LogP contribution in [0.15, 0.2) is 12.1 Å². The Balaban J connectivity index is 1.25. The molecule has 3 fully saturated rings. The van der Waals surface area contributed by atoms with Crippen molar-refractivity contribution in [2.45, 2.75) is 178 Å². The summed E-state index contributed by atoms with van der Waals surface area (Å²) < 4.78 is 20.2. The lowest BCUT2D eigenvalue weighted by Crippen LogP contribution is -2.48. The number of rotatable bonds is 18. The average molecular weight is 790 g/mol. The van der Waals surface area contributed by atoms with Crippen molar-refractivity contribution >= 4 is 32.1 Å². The van der Waals surface area contributed by atoms with Crippen molar-refractivity contribution in [2.24, 2.45) is 11.8 Å². The molecular weight excluding hydrogens is 723 g/mol. The Bertz CT molecular complexity index is 1500. The molecule has 11 nitrogen and oxygen atoms in total. The summed E-state index contributed by atoms with van der Waals surface area (Å²) in [6, 6.07) is 4.93. The number of unbranched alkanes of at least 4 members (excludes halogenated alkanes) is 4. The third-order valence-corrected chi connectivity index (χ3v) is 18.9. The molecule has 3 heterocycles. The van der Waals surface area contributed by atoms with Crippen LogP contribution in [-0.4, -0.2) is 67.3 Å². The number of hydrogen-bond acceptors (Lipinski definition) is 9. The van der Waals surface area contributed by atoms with Gasteiger partial charge < -0.3 is 29.4 Å². The number of esters is 1. The minimum Gasteiger partial charge on any atom is -0.543 e. The van der Waals surface area contributed by atoms with Gasteiger partial charge in [-0.25, -0.2) is 4.79 Å². The van der Waals surface area contributed by atoms with Crippen molar-refractivity contribution in [3.8, 4) is 11.5 Å². The number of carbonyl (C=O) groups excluding carboxylic acids is 2. The second-order valence-corrected chi connectivity index (χ2v) is 25.0. The molecule has 4 aliphatic rings. The van der Waals surface area contributed by atoms with Crippen molar-refractivity contribution in [1.29, 1.82) is 0 Å². The van der Waals surface area contributed by atoms with Crippen LogP contribution in [0.3, 0.4) is 0 Å². The fraction of sp³-hybridized carbons (Fsp3) is 0.805. The largest absolute Gasteiger partial charge is 0.543 e. The SMILES string of the molecule is CC(C)(CCCCCCO[N+](=O)[O-])c1cc2c(c(O[Si](C)(C)C(C)(C)C)c1)[C@@H]1C[C@H](COC(=O)CCCC[C@@H]3SC[C@@H]4NC(=O)N[C@@H]43)CC[C@H]1C(C)(C)O2. The molecule has 2 amide bonds. The second-order valence-electron chi connectivity index (χ2n) is 19.0. The summed E-state index contributed by atoms with van der Waals surface area (Å²) in [5.74, 6) is 3.55. The van der Waals surface area contributed by atoms with E-state index in [1.165, 1.54) is 11.1 Å². The molecule has 1 aliphatic carbocycles. The van der Waals surface area contributed by atoms with Crippen LogP contribution < -0.4 is 19.8 Å². The quantitative estimate of drug-likeness (QED) is 0.0372. The Morgan fingerprint density at radius 1 is 1.06 bits per heavy atom. The van der Waals surface area contributed by atoms with Crippen molar-refractivity contribution < 1.29 is 33.4 Å². The molecule has 6 atom stereocenters. The molecular formula is C41H67N3O8SSi. The highest BCUT2D eigenvalue weighted by molar-refractivity contribution is 8.00. The summed E-state index contributed by atoms with van der Waals surface area (Å²) in [5.41, 5.74) is 1.91. The topological polar surface area (TPSA) is 138 Å². The van der Waals surface area contributed by atoms with Gasteiger partial charge in [0.25, 0.3) is 5.09 Å². The number of nitrogens with zero attached hydrogens (tertiary/aromatic N) is 1. The van der Waals surface area contributed by atoms with E-state index in [-0.39, 0.29) is 58.6 Å². The first kappa shape index (κ1) is 42.5. The molecule has 0 spiro atoms. The summed E-state index contributed by atoms with van der Waals surface area (Å²) in [6.07, 6.45) is 10.6. The number of thioether (sulfide) groups is 1. The van der Waals surface area contributed by atoms with Gasteiger partial charge >= 0.3 is 12.0 Å². The monoisotopic (exact) mass is 789 g/mol. The molecule has 0 aromatic heterocycles. The fourth-order valence-electron chi connectivity index (χ4n) is 8.72. The zero-order valence-electron chi connectivity index (χ0n) is 34.3. The van der Waals surface area contributed by atoms with E-state index in [1.807, 2.05) is 11.8 Å². The molecule has 1 aromatic carbocycles. The van der Waals surface area contributed by atoms with Crippen LogP contribution in [0.1, 0.15) is 143 Å². The number of amides is 2. The van der Waals surface area contributed by atoms with E-state index in [0.29, 0.717) is 30.6 Å². The van der Waals surface area contributed by atoms with Gasteiger partial charge in [-0.1, -0.05) is 60.3 Å². The third-order valence-electron chi connectivity index (χ3n) is 13.1. The molecule has 1 saturated carbocycles. The van der Waals surface area contributed by atoms with Crippen molar-refractivity contribution in [3.63, 3.8) is 0 Å². The van der Waals surface area contributed by atoms with Gasteiger partial charge in [0.1, 0.15) is 17.1 Å². The van der Waals surface area contributed by atoms with E-state index >= 15 is 0 Å². The molecule has 1 aromatic rings. The molecule has 13 heteroatoms. The highest BCUT2D eigenvalue weighted by Crippen LogP contribution is 2.57. The highest BCUT2D eigenvalue weighted by Gasteiger charge is 2.50. The van der Waals surface area contributed by atoms with Crippen LogP contribution in [-0.2, 0) is 19.8 Å². The third kappa shape index (κ3) is 10.4. The van der Waals surface area contributed by atoms with E-state index in [1.54, 1.807) is 0 Å². The van der Waals surface area contributed by atoms with Gasteiger partial charge in [0.15, 0.2) is 0 Å². The van der Waals surface area contributed by atoms with E-state index in [4.69, 9.17) is 13.9 Å². The van der Waals surface area contributed by atoms with Gasteiger partial charge in [-0.05, 0) is 112 Å². The molecule has 5 rings (SSSR count). The van der Waals surface area contributed by atoms with Crippen LogP contribution in [0.25, 0.3) is 0 Å². The molecule has 0 radical (unpaired) electrons. The van der Waals surface area contributed by atoms with Crippen LogP contribution >= 0.6 is 11.8 Å². The molecule has 3 aliphatic heterocycles. The minimum atomic E-state index is -2.22. The van der Waals surface area contributed by atoms with Crippen molar-refractivity contribution in [1.82, 2.24) is 10.6 Å². The number of nitrogens with one attached hydrogen (secondary N) is 2. The Kier molecular flexibility index (Phi) is 13.5. The van der Waals surface area contributed by atoms with Gasteiger partial charge in [0.05, 0.1) is 25.3 Å². The molecule has 2 saturated heterocycles. The lowest BCUT2D eigenvalue weighted by atomic mass is 9.63. The van der Waals surface area contributed by atoms with Crippen molar-refractivity contribution in [3.05, 3.63) is 33.4 Å². The number of ether oxygens (including phenoxy) is 2. The van der Waals surface area contributed by atoms with E-state index < -0.39 is 13.4 Å². The molecule has 54 heavy (non-hydrogen) atoms. The number of urea groups is 1. The van der Waals surface area contributed by atoms with Crippen LogP contribution in [0.2, 0.25) is 18.1 Å². The normalized spacial score (nSPS) is 26.1. The standard InChI is InChI=1S/C41H67N3O8SSi/c1-39(2,3)54(8,9)52-33-24-28(40(4,5)20-14-10-11-15-21-50-44(47)48)23-32-36(33)29-22-27(18-19-30(29)41(6,7)51-32)25-49-35(45)17-13-12-16-34-37-31(26-53-34)42-38(46)43-37/h23-24,27,29-31,34,37H,10-22,25-26H2,1-9H3,(H2,42,43,46)/t27-,29-,30-,31+,34+,37+/m1/s1. The van der Waals surface area contributed by atoms with Gasteiger partial charge in [-0.3, -0.25) is 4.79 Å². The second kappa shape index (κ2) is 17.2. The Morgan fingerprint density at radius 2 is 1.80 bits per heavy atom. The number of carbonyl (C=O) groups is 2. The summed E-state index contributed by atoms with van der Waals surface area (Å²) in [4.78, 5) is 39.6. The minimum absolute atomic E-state index is 0.0177. The lowest BCUT2D eigenvalue weighted by Gasteiger charge is -2.50.